The molecule has 0 amide bonds. The lowest BCUT2D eigenvalue weighted by molar-refractivity contribution is 0.0666. The smallest absolute Gasteiger partial charge is 0.186 e. The van der Waals surface area contributed by atoms with Crippen LogP contribution >= 0.6 is 0 Å². The number of ether oxygens (including phenoxy) is 1. The Bertz CT molecular complexity index is 1710. The minimum Gasteiger partial charge on any atom is -0.497 e. The molecule has 2 heterocycles. The van der Waals surface area contributed by atoms with Gasteiger partial charge in [-0.25, -0.2) is 4.39 Å². The van der Waals surface area contributed by atoms with E-state index in [2.05, 4.69) is 0 Å². The van der Waals surface area contributed by atoms with Crippen LogP contribution in [0.25, 0.3) is 6.08 Å². The molecule has 4 aromatic carbocycles. The zero-order valence-corrected chi connectivity index (χ0v) is 21.6. The maximum Gasteiger partial charge on any atom is 0.186 e. The third-order valence-corrected chi connectivity index (χ3v) is 8.56. The molecule has 0 aromatic heterocycles. The molecule has 3 aliphatic rings. The van der Waals surface area contributed by atoms with E-state index in [0.717, 1.165) is 11.3 Å². The summed E-state index contributed by atoms with van der Waals surface area (Å²) in [5, 5.41) is 0. The van der Waals surface area contributed by atoms with Crippen LogP contribution in [0.2, 0.25) is 0 Å². The van der Waals surface area contributed by atoms with Gasteiger partial charge >= 0.3 is 0 Å². The highest BCUT2D eigenvalue weighted by Gasteiger charge is 2.71. The number of carbonyl (C=O) groups is 3. The van der Waals surface area contributed by atoms with Gasteiger partial charge in [0.15, 0.2) is 17.3 Å². The predicted molar refractivity (Wildman–Crippen MR) is 150 cm³/mol. The van der Waals surface area contributed by atoms with Crippen LogP contribution in [0.3, 0.4) is 0 Å². The van der Waals surface area contributed by atoms with E-state index in [-0.39, 0.29) is 17.3 Å². The summed E-state index contributed by atoms with van der Waals surface area (Å²) in [4.78, 5) is 45.7. The fraction of sp³-hybridized carbons (Fsp3) is 0.147. The van der Waals surface area contributed by atoms with Crippen LogP contribution in [-0.4, -0.2) is 36.5 Å². The van der Waals surface area contributed by atoms with Gasteiger partial charge in [0.1, 0.15) is 23.0 Å². The van der Waals surface area contributed by atoms with Crippen molar-refractivity contribution in [3.8, 4) is 5.75 Å². The summed E-state index contributed by atoms with van der Waals surface area (Å²) >= 11 is 0. The molecule has 1 spiro atoms. The summed E-state index contributed by atoms with van der Waals surface area (Å²) < 4.78 is 19.6. The lowest BCUT2D eigenvalue weighted by Crippen LogP contribution is -2.48. The summed E-state index contributed by atoms with van der Waals surface area (Å²) in [7, 11) is 1.53. The van der Waals surface area contributed by atoms with Crippen LogP contribution in [0, 0.1) is 11.2 Å². The molecular weight excluding hydrogens is 505 g/mol. The molecule has 0 saturated carbocycles. The summed E-state index contributed by atoms with van der Waals surface area (Å²) in [6, 6.07) is 25.5. The maximum absolute atomic E-state index is 14.6. The molecule has 5 nitrogen and oxygen atoms in total. The van der Waals surface area contributed by atoms with E-state index in [1.807, 2.05) is 41.3 Å². The summed E-state index contributed by atoms with van der Waals surface area (Å²) in [6.07, 6.45) is 3.79. The first kappa shape index (κ1) is 24.2. The fourth-order valence-electron chi connectivity index (χ4n) is 6.91. The monoisotopic (exact) mass is 529 g/mol. The van der Waals surface area contributed by atoms with Crippen LogP contribution in [0.5, 0.6) is 5.75 Å². The van der Waals surface area contributed by atoms with Gasteiger partial charge in [-0.05, 0) is 41.5 Å². The van der Waals surface area contributed by atoms with Gasteiger partial charge in [-0.1, -0.05) is 78.9 Å². The Hall–Kier alpha value is -4.84. The molecule has 1 saturated heterocycles. The van der Waals surface area contributed by atoms with E-state index in [1.165, 1.54) is 19.2 Å². The van der Waals surface area contributed by atoms with E-state index in [0.29, 0.717) is 28.0 Å². The number of rotatable bonds is 4. The number of fused-ring (bicyclic) bond motifs is 5. The minimum atomic E-state index is -1.62. The van der Waals surface area contributed by atoms with Gasteiger partial charge in [-0.15, -0.1) is 0 Å². The zero-order valence-electron chi connectivity index (χ0n) is 21.6. The Morgan fingerprint density at radius 2 is 1.52 bits per heavy atom. The van der Waals surface area contributed by atoms with Gasteiger partial charge < -0.3 is 9.64 Å². The topological polar surface area (TPSA) is 63.7 Å². The number of methoxy groups -OCH3 is 1. The number of carbonyl (C=O) groups excluding carboxylic acids is 3. The summed E-state index contributed by atoms with van der Waals surface area (Å²) in [5.41, 5.74) is 1.67. The van der Waals surface area contributed by atoms with Crippen LogP contribution in [0.1, 0.15) is 48.1 Å². The minimum absolute atomic E-state index is 0.253. The molecule has 0 unspecified atom stereocenters. The lowest BCUT2D eigenvalue weighted by Gasteiger charge is -2.37. The molecule has 6 heteroatoms. The fourth-order valence-corrected chi connectivity index (χ4v) is 6.91. The number of anilines is 1. The van der Waals surface area contributed by atoms with Crippen molar-refractivity contribution in [2.45, 2.75) is 18.0 Å². The van der Waals surface area contributed by atoms with Crippen molar-refractivity contribution in [3.05, 3.63) is 137 Å². The van der Waals surface area contributed by atoms with Crippen molar-refractivity contribution in [3.63, 3.8) is 0 Å². The van der Waals surface area contributed by atoms with Gasteiger partial charge in [0.05, 0.1) is 13.2 Å². The molecule has 3 atom stereocenters. The largest absolute Gasteiger partial charge is 0.497 e. The SMILES string of the molecule is COc1cccc(C(=O)[C@@H]2[C@@H](c3ccc(F)cc3)C3(C(=O)c4ccccc4C3=O)[C@H]3C=Cc4ccccc4N23)c1. The summed E-state index contributed by atoms with van der Waals surface area (Å²) in [5.74, 6) is -1.70. The molecule has 1 aliphatic carbocycles. The number of halogens is 1. The van der Waals surface area contributed by atoms with Crippen LogP contribution in [0.4, 0.5) is 10.1 Å². The maximum atomic E-state index is 14.6. The van der Waals surface area contributed by atoms with E-state index in [1.54, 1.807) is 60.7 Å². The van der Waals surface area contributed by atoms with Crippen molar-refractivity contribution >= 4 is 29.1 Å². The van der Waals surface area contributed by atoms with E-state index >= 15 is 0 Å². The molecule has 1 fully saturated rings. The molecule has 0 bridgehead atoms. The van der Waals surface area contributed by atoms with Crippen molar-refractivity contribution < 1.29 is 23.5 Å². The van der Waals surface area contributed by atoms with Crippen LogP contribution < -0.4 is 9.64 Å². The Balaban J connectivity index is 1.54. The lowest BCUT2D eigenvalue weighted by atomic mass is 9.64. The van der Waals surface area contributed by atoms with Gasteiger partial charge in [0, 0.05) is 28.3 Å². The number of ketones is 3. The molecule has 40 heavy (non-hydrogen) atoms. The van der Waals surface area contributed by atoms with Crippen molar-refractivity contribution in [1.29, 1.82) is 0 Å². The number of hydrogen-bond donors (Lipinski definition) is 0. The van der Waals surface area contributed by atoms with Crippen LogP contribution in [-0.2, 0) is 0 Å². The molecule has 7 rings (SSSR count). The number of hydrogen-bond acceptors (Lipinski definition) is 5. The number of benzene rings is 4. The average molecular weight is 530 g/mol. The Morgan fingerprint density at radius 3 is 2.23 bits per heavy atom. The predicted octanol–water partition coefficient (Wildman–Crippen LogP) is 6.15. The van der Waals surface area contributed by atoms with E-state index in [4.69, 9.17) is 4.74 Å². The highest BCUT2D eigenvalue weighted by atomic mass is 19.1. The average Bonchev–Trinajstić information content (AvgIpc) is 3.43. The summed E-state index contributed by atoms with van der Waals surface area (Å²) in [6.45, 7) is 0. The highest BCUT2D eigenvalue weighted by molar-refractivity contribution is 6.32. The molecule has 0 radical (unpaired) electrons. The Morgan fingerprint density at radius 1 is 0.850 bits per heavy atom. The second kappa shape index (κ2) is 8.85. The van der Waals surface area contributed by atoms with Crippen molar-refractivity contribution in [1.82, 2.24) is 0 Å². The van der Waals surface area contributed by atoms with E-state index < -0.39 is 29.2 Å². The van der Waals surface area contributed by atoms with Crippen LogP contribution in [0.15, 0.2) is 103 Å². The van der Waals surface area contributed by atoms with Gasteiger partial charge in [-0.3, -0.25) is 14.4 Å². The van der Waals surface area contributed by atoms with Gasteiger partial charge in [0.2, 0.25) is 0 Å². The normalized spacial score (nSPS) is 21.8. The second-order valence-electron chi connectivity index (χ2n) is 10.4. The van der Waals surface area contributed by atoms with Gasteiger partial charge in [0.25, 0.3) is 0 Å². The molecule has 0 N–H and O–H groups in total. The first-order valence-corrected chi connectivity index (χ1v) is 13.1. The van der Waals surface area contributed by atoms with Gasteiger partial charge in [-0.2, -0.15) is 0 Å². The van der Waals surface area contributed by atoms with Crippen molar-refractivity contribution in [2.24, 2.45) is 5.41 Å². The molecular formula is C34H24FNO4. The standard InChI is InChI=1S/C34H24FNO4/c1-40-24-9-6-8-22(19-24)31(37)30-29(21-13-16-23(35)17-14-21)34(32(38)25-10-3-4-11-26(25)33(34)39)28-18-15-20-7-2-5-12-27(20)36(28)30/h2-19,28-30H,1H3/t28-,29-,30+/m1/s1. The highest BCUT2D eigenvalue weighted by Crippen LogP contribution is 2.61. The molecule has 4 aromatic rings. The van der Waals surface area contributed by atoms with Crippen molar-refractivity contribution in [2.75, 3.05) is 12.0 Å². The number of para-hydroxylation sites is 1. The quantitative estimate of drug-likeness (QED) is 0.234. The zero-order chi connectivity index (χ0) is 27.6. The molecule has 196 valence electrons. The molecule has 2 aliphatic heterocycles. The third kappa shape index (κ3) is 3.16. The Labute approximate surface area is 230 Å². The number of Topliss-reactive ketones (excluding diaryl/α,β-unsaturated/α-hetero) is 3. The first-order valence-electron chi connectivity index (χ1n) is 13.1. The third-order valence-electron chi connectivity index (χ3n) is 8.56. The number of nitrogens with zero attached hydrogens (tertiary/aromatic N) is 1. The van der Waals surface area contributed by atoms with E-state index in [9.17, 15) is 18.8 Å². The Kier molecular flexibility index (Phi) is 5.36. The first-order chi connectivity index (χ1) is 19.5. The second-order valence-corrected chi connectivity index (χ2v) is 10.4.